The van der Waals surface area contributed by atoms with E-state index in [4.69, 9.17) is 20.0 Å². The molecule has 1 aromatic rings. The maximum absolute atomic E-state index is 10.5. The van der Waals surface area contributed by atoms with Crippen LogP contribution >= 0.6 is 7.60 Å². The van der Waals surface area contributed by atoms with E-state index in [0.29, 0.717) is 0 Å². The highest BCUT2D eigenvalue weighted by Gasteiger charge is 2.27. The van der Waals surface area contributed by atoms with Gasteiger partial charge in [-0.2, -0.15) is 0 Å². The highest BCUT2D eigenvalue weighted by atomic mass is 31.2. The normalized spacial score (nSPS) is 13.4. The Kier molecular flexibility index (Phi) is 6.08. The van der Waals surface area contributed by atoms with E-state index in [1.54, 1.807) is 0 Å². The summed E-state index contributed by atoms with van der Waals surface area (Å²) in [5, 5.41) is 16.8. The first kappa shape index (κ1) is 17.4. The lowest BCUT2D eigenvalue weighted by Gasteiger charge is -2.11. The minimum absolute atomic E-state index is 0.282. The molecular weight excluding hydrogens is 299 g/mol. The SMILES string of the molecule is O=C(O)CCC(CP(=O)(O)O)C(=O)O.c1ccc2c(c1)C2. The molecule has 7 nitrogen and oxygen atoms in total. The summed E-state index contributed by atoms with van der Waals surface area (Å²) in [5.41, 5.74) is 3.06. The fraction of sp³-hybridized carbons (Fsp3) is 0.385. The van der Waals surface area contributed by atoms with Crippen molar-refractivity contribution in [1.29, 1.82) is 0 Å². The van der Waals surface area contributed by atoms with Gasteiger partial charge in [0.25, 0.3) is 0 Å². The first-order chi connectivity index (χ1) is 9.69. The van der Waals surface area contributed by atoms with Crippen LogP contribution in [0.1, 0.15) is 24.0 Å². The van der Waals surface area contributed by atoms with Gasteiger partial charge in [-0.1, -0.05) is 24.3 Å². The topological polar surface area (TPSA) is 132 Å². The van der Waals surface area contributed by atoms with Gasteiger partial charge in [0.1, 0.15) is 0 Å². The molecule has 0 aromatic heterocycles. The van der Waals surface area contributed by atoms with E-state index in [2.05, 4.69) is 24.3 Å². The van der Waals surface area contributed by atoms with Crippen LogP contribution in [0.25, 0.3) is 0 Å². The first-order valence-electron chi connectivity index (χ1n) is 6.25. The predicted octanol–water partition coefficient (Wildman–Crippen LogP) is 1.32. The van der Waals surface area contributed by atoms with Crippen LogP contribution < -0.4 is 0 Å². The van der Waals surface area contributed by atoms with E-state index in [0.717, 1.165) is 0 Å². The van der Waals surface area contributed by atoms with Crippen molar-refractivity contribution in [2.45, 2.75) is 19.3 Å². The van der Waals surface area contributed by atoms with Gasteiger partial charge in [-0.3, -0.25) is 14.2 Å². The second kappa shape index (κ2) is 7.36. The van der Waals surface area contributed by atoms with Crippen LogP contribution in [0, 0.1) is 5.92 Å². The molecule has 1 aromatic carbocycles. The van der Waals surface area contributed by atoms with Gasteiger partial charge >= 0.3 is 19.5 Å². The molecule has 2 rings (SSSR count). The lowest BCUT2D eigenvalue weighted by molar-refractivity contribution is -0.142. The van der Waals surface area contributed by atoms with E-state index >= 15 is 0 Å². The summed E-state index contributed by atoms with van der Waals surface area (Å²) in [6, 6.07) is 8.53. The Morgan fingerprint density at radius 3 is 2.00 bits per heavy atom. The van der Waals surface area contributed by atoms with Crippen molar-refractivity contribution in [3.63, 3.8) is 0 Å². The van der Waals surface area contributed by atoms with Crippen molar-refractivity contribution in [1.82, 2.24) is 0 Å². The summed E-state index contributed by atoms with van der Waals surface area (Å²) in [7, 11) is -4.41. The molecule has 1 aliphatic carbocycles. The minimum Gasteiger partial charge on any atom is -0.481 e. The summed E-state index contributed by atoms with van der Waals surface area (Å²) >= 11 is 0. The number of aliphatic carboxylic acids is 2. The second-order valence-corrected chi connectivity index (χ2v) is 6.45. The van der Waals surface area contributed by atoms with Gasteiger partial charge in [-0.25, -0.2) is 0 Å². The van der Waals surface area contributed by atoms with Crippen molar-refractivity contribution < 1.29 is 34.2 Å². The Morgan fingerprint density at radius 1 is 1.14 bits per heavy atom. The molecule has 1 unspecified atom stereocenters. The number of fused-ring (bicyclic) bond motifs is 1. The lowest BCUT2D eigenvalue weighted by atomic mass is 10.1. The van der Waals surface area contributed by atoms with E-state index in [1.165, 1.54) is 17.5 Å². The van der Waals surface area contributed by atoms with Gasteiger partial charge in [0.05, 0.1) is 12.1 Å². The quantitative estimate of drug-likeness (QED) is 0.591. The van der Waals surface area contributed by atoms with E-state index in [-0.39, 0.29) is 6.42 Å². The zero-order valence-corrected chi connectivity index (χ0v) is 12.1. The number of hydrogen-bond donors (Lipinski definition) is 4. The summed E-state index contributed by atoms with van der Waals surface area (Å²) in [4.78, 5) is 37.6. The van der Waals surface area contributed by atoms with Crippen LogP contribution in [0.5, 0.6) is 0 Å². The van der Waals surface area contributed by atoms with Crippen LogP contribution in [-0.2, 0) is 20.6 Å². The molecule has 0 radical (unpaired) electrons. The summed E-state index contributed by atoms with van der Waals surface area (Å²) < 4.78 is 10.5. The maximum atomic E-state index is 10.5. The zero-order valence-electron chi connectivity index (χ0n) is 11.2. The molecule has 0 heterocycles. The zero-order chi connectivity index (χ0) is 16.0. The maximum Gasteiger partial charge on any atom is 0.326 e. The summed E-state index contributed by atoms with van der Waals surface area (Å²) in [6.45, 7) is 0. The minimum atomic E-state index is -4.41. The largest absolute Gasteiger partial charge is 0.481 e. The average Bonchev–Trinajstić information content (AvgIpc) is 3.12. The Balaban J connectivity index is 0.000000255. The van der Waals surface area contributed by atoms with Gasteiger partial charge in [0, 0.05) is 6.42 Å². The first-order valence-corrected chi connectivity index (χ1v) is 8.05. The molecule has 4 N–H and O–H groups in total. The molecule has 1 atom stereocenters. The third-order valence-electron chi connectivity index (χ3n) is 2.89. The third-order valence-corrected chi connectivity index (χ3v) is 3.80. The highest BCUT2D eigenvalue weighted by Crippen LogP contribution is 2.38. The molecule has 8 heteroatoms. The van der Waals surface area contributed by atoms with Crippen molar-refractivity contribution in [3.05, 3.63) is 35.4 Å². The van der Waals surface area contributed by atoms with Crippen molar-refractivity contribution in [2.75, 3.05) is 6.16 Å². The molecule has 0 amide bonds. The monoisotopic (exact) mass is 316 g/mol. The van der Waals surface area contributed by atoms with E-state index < -0.39 is 38.0 Å². The Morgan fingerprint density at radius 2 is 1.67 bits per heavy atom. The standard InChI is InChI=1S/C7H6.C6H11O7P/c1-2-4-7-5-6(7)3-1;7-5(8)2-1-4(6(9)10)3-14(11,12)13/h1-4H,5H2;4H,1-3H2,(H,7,8)(H,9,10)(H2,11,12,13). The van der Waals surface area contributed by atoms with Crippen LogP contribution in [0.2, 0.25) is 0 Å². The Labute approximate surface area is 121 Å². The molecule has 0 bridgehead atoms. The number of rotatable bonds is 6. The molecule has 0 saturated carbocycles. The summed E-state index contributed by atoms with van der Waals surface area (Å²) in [6.07, 6.45) is -0.282. The smallest absolute Gasteiger partial charge is 0.326 e. The Bertz CT molecular complexity index is 542. The van der Waals surface area contributed by atoms with Gasteiger partial charge in [-0.15, -0.1) is 0 Å². The molecule has 116 valence electrons. The molecule has 0 saturated heterocycles. The van der Waals surface area contributed by atoms with Crippen molar-refractivity contribution in [2.24, 2.45) is 5.92 Å². The number of carboxylic acids is 2. The molecule has 21 heavy (non-hydrogen) atoms. The molecule has 0 aliphatic heterocycles. The molecule has 0 spiro atoms. The van der Waals surface area contributed by atoms with E-state index in [9.17, 15) is 14.2 Å². The molecule has 0 fully saturated rings. The lowest BCUT2D eigenvalue weighted by Crippen LogP contribution is -2.19. The van der Waals surface area contributed by atoms with Crippen LogP contribution in [0.4, 0.5) is 0 Å². The van der Waals surface area contributed by atoms with Gasteiger partial charge in [0.15, 0.2) is 0 Å². The number of benzene rings is 1. The second-order valence-electron chi connectivity index (χ2n) is 4.76. The number of carboxylic acid groups (broad SMARTS) is 2. The fourth-order valence-corrected chi connectivity index (χ4v) is 2.63. The highest BCUT2D eigenvalue weighted by molar-refractivity contribution is 7.51. The van der Waals surface area contributed by atoms with Crippen LogP contribution in [0.3, 0.4) is 0 Å². The van der Waals surface area contributed by atoms with Gasteiger partial charge < -0.3 is 20.0 Å². The van der Waals surface area contributed by atoms with Crippen molar-refractivity contribution >= 4 is 19.5 Å². The Hall–Kier alpha value is -1.69. The van der Waals surface area contributed by atoms with Crippen molar-refractivity contribution in [3.8, 4) is 0 Å². The predicted molar refractivity (Wildman–Crippen MR) is 74.2 cm³/mol. The third kappa shape index (κ3) is 7.60. The van der Waals surface area contributed by atoms with E-state index in [1.807, 2.05) is 0 Å². The number of carbonyl (C=O) groups is 2. The molecular formula is C13H17O7P. The van der Waals surface area contributed by atoms with Crippen LogP contribution in [-0.4, -0.2) is 38.1 Å². The van der Waals surface area contributed by atoms with Gasteiger partial charge in [-0.05, 0) is 24.0 Å². The molecule has 1 aliphatic rings. The fourth-order valence-electron chi connectivity index (χ4n) is 1.71. The summed E-state index contributed by atoms with van der Waals surface area (Å²) in [5.74, 6) is -3.90. The van der Waals surface area contributed by atoms with Crippen LogP contribution in [0.15, 0.2) is 24.3 Å². The average molecular weight is 316 g/mol. The number of hydrogen-bond acceptors (Lipinski definition) is 3. The van der Waals surface area contributed by atoms with Gasteiger partial charge in [0.2, 0.25) is 0 Å².